The molecule has 3 N–H and O–H groups in total. The Kier molecular flexibility index (Phi) is 5.99. The number of benzene rings is 1. The van der Waals surface area contributed by atoms with Gasteiger partial charge in [-0.1, -0.05) is 12.1 Å². The minimum atomic E-state index is -4.33. The maximum Gasteiger partial charge on any atom is 0.416 e. The van der Waals surface area contributed by atoms with E-state index < -0.39 is 11.7 Å². The van der Waals surface area contributed by atoms with Gasteiger partial charge < -0.3 is 11.1 Å². The molecule has 2 rings (SSSR count). The van der Waals surface area contributed by atoms with Gasteiger partial charge in [0.2, 0.25) is 0 Å². The van der Waals surface area contributed by atoms with Crippen LogP contribution in [0.2, 0.25) is 0 Å². The number of nitrogens with zero attached hydrogens (tertiary/aromatic N) is 1. The Morgan fingerprint density at radius 1 is 1.41 bits per heavy atom. The van der Waals surface area contributed by atoms with E-state index in [4.69, 9.17) is 5.73 Å². The van der Waals surface area contributed by atoms with Gasteiger partial charge in [0.25, 0.3) is 0 Å². The minimum Gasteiger partial charge on any atom is -0.370 e. The molecular formula is C15H20F3N3S. The molecule has 1 atom stereocenters. The van der Waals surface area contributed by atoms with E-state index >= 15 is 0 Å². The van der Waals surface area contributed by atoms with Crippen LogP contribution in [0.4, 0.5) is 13.2 Å². The fraction of sp³-hybridized carbons (Fsp3) is 0.533. The van der Waals surface area contributed by atoms with Gasteiger partial charge in [0.05, 0.1) is 12.1 Å². The molecule has 1 aromatic carbocycles. The topological polar surface area (TPSA) is 50.4 Å². The van der Waals surface area contributed by atoms with Crippen molar-refractivity contribution in [3.63, 3.8) is 0 Å². The number of hydrogen-bond acceptors (Lipinski definition) is 2. The fourth-order valence-corrected chi connectivity index (χ4v) is 3.45. The predicted molar refractivity (Wildman–Crippen MR) is 84.8 cm³/mol. The number of halogens is 3. The summed E-state index contributed by atoms with van der Waals surface area (Å²) in [6.45, 7) is 0.910. The molecule has 0 amide bonds. The lowest BCUT2D eigenvalue weighted by molar-refractivity contribution is -0.137. The fourth-order valence-electron chi connectivity index (χ4n) is 2.30. The third kappa shape index (κ3) is 5.44. The van der Waals surface area contributed by atoms with E-state index in [0.29, 0.717) is 11.5 Å². The summed E-state index contributed by atoms with van der Waals surface area (Å²) in [5.74, 6) is 3.21. The first kappa shape index (κ1) is 17.0. The average Bonchev–Trinajstić information content (AvgIpc) is 2.51. The Morgan fingerprint density at radius 3 is 2.91 bits per heavy atom. The van der Waals surface area contributed by atoms with Crippen LogP contribution in [0.1, 0.15) is 24.0 Å². The summed E-state index contributed by atoms with van der Waals surface area (Å²) in [4.78, 5) is 4.11. The van der Waals surface area contributed by atoms with Crippen LogP contribution in [-0.2, 0) is 12.7 Å². The molecule has 22 heavy (non-hydrogen) atoms. The molecule has 7 heteroatoms. The molecule has 0 aromatic heterocycles. The van der Waals surface area contributed by atoms with Gasteiger partial charge in [0.15, 0.2) is 5.96 Å². The Bertz CT molecular complexity index is 511. The molecule has 0 saturated carbocycles. The Hall–Kier alpha value is -1.37. The van der Waals surface area contributed by atoms with Gasteiger partial charge >= 0.3 is 6.18 Å². The predicted octanol–water partition coefficient (Wildman–Crippen LogP) is 3.25. The monoisotopic (exact) mass is 331 g/mol. The number of thioether (sulfide) groups is 1. The second kappa shape index (κ2) is 7.76. The number of hydrogen-bond donors (Lipinski definition) is 2. The van der Waals surface area contributed by atoms with Crippen molar-refractivity contribution in [2.75, 3.05) is 18.1 Å². The zero-order chi connectivity index (χ0) is 16.0. The number of nitrogens with one attached hydrogen (secondary N) is 1. The van der Waals surface area contributed by atoms with Crippen LogP contribution in [0.15, 0.2) is 29.3 Å². The third-order valence-electron chi connectivity index (χ3n) is 3.51. The van der Waals surface area contributed by atoms with E-state index in [2.05, 4.69) is 10.3 Å². The van der Waals surface area contributed by atoms with Crippen LogP contribution in [0.3, 0.4) is 0 Å². The Morgan fingerprint density at radius 2 is 2.23 bits per heavy atom. The van der Waals surface area contributed by atoms with Gasteiger partial charge in [-0.05, 0) is 48.0 Å². The first-order valence-corrected chi connectivity index (χ1v) is 8.38. The van der Waals surface area contributed by atoms with E-state index in [1.807, 2.05) is 11.8 Å². The van der Waals surface area contributed by atoms with E-state index in [0.717, 1.165) is 24.4 Å². The molecular weight excluding hydrogens is 311 g/mol. The SMILES string of the molecule is NC(=NCc1cccc(C(F)(F)F)c1)NCC1CCCSC1. The molecule has 3 nitrogen and oxygen atoms in total. The minimum absolute atomic E-state index is 0.141. The van der Waals surface area contributed by atoms with E-state index in [-0.39, 0.29) is 12.5 Å². The number of guanidine groups is 1. The summed E-state index contributed by atoms with van der Waals surface area (Å²) >= 11 is 1.94. The number of rotatable bonds is 4. The van der Waals surface area contributed by atoms with Crippen LogP contribution < -0.4 is 11.1 Å². The zero-order valence-electron chi connectivity index (χ0n) is 12.2. The van der Waals surface area contributed by atoms with Gasteiger partial charge in [-0.15, -0.1) is 0 Å². The maximum atomic E-state index is 12.6. The first-order chi connectivity index (χ1) is 10.4. The van der Waals surface area contributed by atoms with Crippen molar-refractivity contribution in [2.45, 2.75) is 25.6 Å². The van der Waals surface area contributed by atoms with Crippen LogP contribution in [0.5, 0.6) is 0 Å². The third-order valence-corrected chi connectivity index (χ3v) is 4.80. The molecule has 1 heterocycles. The van der Waals surface area contributed by atoms with Gasteiger partial charge in [-0.3, -0.25) is 0 Å². The van der Waals surface area contributed by atoms with Crippen LogP contribution >= 0.6 is 11.8 Å². The second-order valence-corrected chi connectivity index (χ2v) is 6.51. The van der Waals surface area contributed by atoms with Crippen molar-refractivity contribution < 1.29 is 13.2 Å². The van der Waals surface area contributed by atoms with Crippen molar-refractivity contribution in [3.05, 3.63) is 35.4 Å². The lowest BCUT2D eigenvalue weighted by atomic mass is 10.1. The summed E-state index contributed by atoms with van der Waals surface area (Å²) in [5, 5.41) is 3.06. The molecule has 122 valence electrons. The summed E-state index contributed by atoms with van der Waals surface area (Å²) in [5.41, 5.74) is 5.60. The molecule has 1 fully saturated rings. The van der Waals surface area contributed by atoms with Gasteiger partial charge in [0, 0.05) is 6.54 Å². The highest BCUT2D eigenvalue weighted by molar-refractivity contribution is 7.99. The molecule has 0 spiro atoms. The highest BCUT2D eigenvalue weighted by Gasteiger charge is 2.30. The highest BCUT2D eigenvalue weighted by atomic mass is 32.2. The summed E-state index contributed by atoms with van der Waals surface area (Å²) in [6, 6.07) is 5.16. The van der Waals surface area contributed by atoms with Gasteiger partial charge in [0.1, 0.15) is 0 Å². The second-order valence-electron chi connectivity index (χ2n) is 5.36. The molecule has 1 aliphatic rings. The molecule has 1 unspecified atom stereocenters. The quantitative estimate of drug-likeness (QED) is 0.658. The van der Waals surface area contributed by atoms with Crippen molar-refractivity contribution in [2.24, 2.45) is 16.6 Å². The van der Waals surface area contributed by atoms with Gasteiger partial charge in [-0.2, -0.15) is 24.9 Å². The highest BCUT2D eigenvalue weighted by Crippen LogP contribution is 2.29. The van der Waals surface area contributed by atoms with Crippen molar-refractivity contribution in [3.8, 4) is 0 Å². The standard InChI is InChI=1S/C15H20F3N3S/c16-15(17,18)13-5-1-3-11(7-13)8-20-14(19)21-9-12-4-2-6-22-10-12/h1,3,5,7,12H,2,4,6,8-10H2,(H3,19,20,21). The number of alkyl halides is 3. The van der Waals surface area contributed by atoms with Crippen LogP contribution in [-0.4, -0.2) is 24.0 Å². The number of nitrogens with two attached hydrogens (primary N) is 1. The molecule has 1 aromatic rings. The normalized spacial score (nSPS) is 20.0. The molecule has 0 bridgehead atoms. The van der Waals surface area contributed by atoms with Crippen LogP contribution in [0, 0.1) is 5.92 Å². The van der Waals surface area contributed by atoms with Crippen molar-refractivity contribution >= 4 is 17.7 Å². The molecule has 0 radical (unpaired) electrons. The van der Waals surface area contributed by atoms with Crippen LogP contribution in [0.25, 0.3) is 0 Å². The summed E-state index contributed by atoms with van der Waals surface area (Å²) < 4.78 is 37.9. The smallest absolute Gasteiger partial charge is 0.370 e. The summed E-state index contributed by atoms with van der Waals surface area (Å²) in [7, 11) is 0. The largest absolute Gasteiger partial charge is 0.416 e. The number of aliphatic imine (C=N–C) groups is 1. The van der Waals surface area contributed by atoms with Crippen molar-refractivity contribution in [1.82, 2.24) is 5.32 Å². The van der Waals surface area contributed by atoms with Gasteiger partial charge in [-0.25, -0.2) is 4.99 Å². The lowest BCUT2D eigenvalue weighted by Gasteiger charge is -2.21. The summed E-state index contributed by atoms with van der Waals surface area (Å²) in [6.07, 6.45) is -1.93. The Labute approximate surface area is 132 Å². The molecule has 0 aliphatic carbocycles. The van der Waals surface area contributed by atoms with E-state index in [9.17, 15) is 13.2 Å². The zero-order valence-corrected chi connectivity index (χ0v) is 13.0. The lowest BCUT2D eigenvalue weighted by Crippen LogP contribution is -2.36. The first-order valence-electron chi connectivity index (χ1n) is 7.23. The molecule has 1 saturated heterocycles. The van der Waals surface area contributed by atoms with E-state index in [1.165, 1.54) is 24.7 Å². The molecule has 1 aliphatic heterocycles. The maximum absolute atomic E-state index is 12.6. The van der Waals surface area contributed by atoms with Crippen molar-refractivity contribution in [1.29, 1.82) is 0 Å². The Balaban J connectivity index is 1.85. The average molecular weight is 331 g/mol. The van der Waals surface area contributed by atoms with E-state index in [1.54, 1.807) is 6.07 Å².